The lowest BCUT2D eigenvalue weighted by Crippen LogP contribution is -2.32. The molecule has 0 bridgehead atoms. The van der Waals surface area contributed by atoms with Crippen molar-refractivity contribution in [3.8, 4) is 11.1 Å². The fourth-order valence-corrected chi connectivity index (χ4v) is 9.59. The highest BCUT2D eigenvalue weighted by atomic mass is 16.3. The first-order valence-electron chi connectivity index (χ1n) is 19.5. The number of para-hydroxylation sites is 3. The number of anilines is 4. The zero-order chi connectivity index (χ0) is 36.7. The molecule has 1 aliphatic heterocycles. The van der Waals surface area contributed by atoms with Crippen LogP contribution in [0.2, 0.25) is 0 Å². The Kier molecular flexibility index (Phi) is 6.85. The van der Waals surface area contributed by atoms with Crippen molar-refractivity contribution < 1.29 is 8.83 Å². The molecular formula is C52H36N2O2. The molecule has 3 heterocycles. The van der Waals surface area contributed by atoms with Crippen molar-refractivity contribution >= 4 is 72.5 Å². The molecule has 0 saturated carbocycles. The van der Waals surface area contributed by atoms with Crippen molar-refractivity contribution in [2.75, 3.05) is 9.80 Å². The molecule has 4 nitrogen and oxygen atoms in total. The molecule has 12 rings (SSSR count). The lowest BCUT2D eigenvalue weighted by molar-refractivity contribution is 0.529. The normalized spacial score (nSPS) is 18.2. The minimum absolute atomic E-state index is 0.0637. The Bertz CT molecular complexity index is 3090. The van der Waals surface area contributed by atoms with Gasteiger partial charge in [0.15, 0.2) is 0 Å². The van der Waals surface area contributed by atoms with E-state index in [0.29, 0.717) is 5.92 Å². The van der Waals surface area contributed by atoms with Crippen LogP contribution in [0.4, 0.5) is 22.7 Å². The highest BCUT2D eigenvalue weighted by Crippen LogP contribution is 2.50. The Labute approximate surface area is 324 Å². The summed E-state index contributed by atoms with van der Waals surface area (Å²) in [7, 11) is 0. The third kappa shape index (κ3) is 4.72. The van der Waals surface area contributed by atoms with Crippen LogP contribution in [0.5, 0.6) is 0 Å². The van der Waals surface area contributed by atoms with Crippen molar-refractivity contribution in [2.45, 2.75) is 24.4 Å². The van der Waals surface area contributed by atoms with E-state index in [1.54, 1.807) is 0 Å². The number of hydrogen-bond donors (Lipinski definition) is 0. The molecule has 7 aromatic carbocycles. The zero-order valence-electron chi connectivity index (χ0n) is 30.5. The minimum atomic E-state index is 0.0637. The predicted molar refractivity (Wildman–Crippen MR) is 231 cm³/mol. The minimum Gasteiger partial charge on any atom is -0.460 e. The van der Waals surface area contributed by atoms with Crippen molar-refractivity contribution in [2.24, 2.45) is 0 Å². The molecule has 9 aromatic rings. The Morgan fingerprint density at radius 2 is 1.36 bits per heavy atom. The number of allylic oxidation sites excluding steroid dienone is 2. The van der Waals surface area contributed by atoms with E-state index in [-0.39, 0.29) is 12.1 Å². The number of fused-ring (bicyclic) bond motifs is 11. The molecule has 3 aliphatic rings. The Morgan fingerprint density at radius 3 is 2.27 bits per heavy atom. The summed E-state index contributed by atoms with van der Waals surface area (Å²) in [6.45, 7) is 0. The van der Waals surface area contributed by atoms with Gasteiger partial charge in [-0.3, -0.25) is 0 Å². The van der Waals surface area contributed by atoms with Gasteiger partial charge in [-0.2, -0.15) is 0 Å². The molecule has 0 spiro atoms. The molecule has 3 atom stereocenters. The zero-order valence-corrected chi connectivity index (χ0v) is 30.5. The number of furan rings is 2. The predicted octanol–water partition coefficient (Wildman–Crippen LogP) is 13.7. The lowest BCUT2D eigenvalue weighted by Gasteiger charge is -2.33. The van der Waals surface area contributed by atoms with Crippen LogP contribution < -0.4 is 9.80 Å². The Morgan fingerprint density at radius 1 is 0.589 bits per heavy atom. The van der Waals surface area contributed by atoms with Gasteiger partial charge in [-0.1, -0.05) is 134 Å². The molecular weight excluding hydrogens is 685 g/mol. The molecule has 0 N–H and O–H groups in total. The van der Waals surface area contributed by atoms with E-state index >= 15 is 0 Å². The van der Waals surface area contributed by atoms with E-state index in [9.17, 15) is 0 Å². The van der Waals surface area contributed by atoms with Gasteiger partial charge in [0.2, 0.25) is 0 Å². The summed E-state index contributed by atoms with van der Waals surface area (Å²) in [5, 5.41) is 5.92. The first-order valence-corrected chi connectivity index (χ1v) is 19.5. The molecule has 2 aromatic heterocycles. The van der Waals surface area contributed by atoms with Gasteiger partial charge >= 0.3 is 0 Å². The fourth-order valence-electron chi connectivity index (χ4n) is 9.59. The van der Waals surface area contributed by atoms with E-state index in [0.717, 1.165) is 67.9 Å². The number of nitrogens with zero attached hydrogens (tertiary/aromatic N) is 2. The van der Waals surface area contributed by atoms with Crippen molar-refractivity contribution in [3.63, 3.8) is 0 Å². The number of rotatable bonds is 5. The number of benzene rings is 7. The molecule has 4 heteroatoms. The molecule has 3 unspecified atom stereocenters. The van der Waals surface area contributed by atoms with Crippen molar-refractivity contribution in [1.29, 1.82) is 0 Å². The summed E-state index contributed by atoms with van der Waals surface area (Å²) in [5.74, 6) is 1.34. The largest absolute Gasteiger partial charge is 0.460 e. The van der Waals surface area contributed by atoms with Crippen LogP contribution in [-0.4, -0.2) is 12.1 Å². The highest BCUT2D eigenvalue weighted by Gasteiger charge is 2.37. The quantitative estimate of drug-likeness (QED) is 0.177. The van der Waals surface area contributed by atoms with Crippen LogP contribution in [0.15, 0.2) is 191 Å². The van der Waals surface area contributed by atoms with E-state index in [2.05, 4.69) is 198 Å². The van der Waals surface area contributed by atoms with Crippen LogP contribution in [0.1, 0.15) is 22.8 Å². The van der Waals surface area contributed by atoms with Crippen LogP contribution >= 0.6 is 0 Å². The maximum atomic E-state index is 6.69. The molecule has 2 aliphatic carbocycles. The van der Waals surface area contributed by atoms with E-state index in [4.69, 9.17) is 8.83 Å². The van der Waals surface area contributed by atoms with E-state index < -0.39 is 0 Å². The Balaban J connectivity index is 0.970. The van der Waals surface area contributed by atoms with Gasteiger partial charge in [0, 0.05) is 62.4 Å². The summed E-state index contributed by atoms with van der Waals surface area (Å²) in [6.07, 6.45) is 14.4. The molecule has 0 saturated heterocycles. The summed E-state index contributed by atoms with van der Waals surface area (Å²) in [5.41, 5.74) is 12.2. The molecule has 0 amide bonds. The first-order chi connectivity index (χ1) is 27.8. The van der Waals surface area contributed by atoms with Crippen LogP contribution in [0.3, 0.4) is 0 Å². The van der Waals surface area contributed by atoms with Crippen LogP contribution in [0, 0.1) is 0 Å². The third-order valence-corrected chi connectivity index (χ3v) is 12.1. The smallest absolute Gasteiger partial charge is 0.143 e. The maximum absolute atomic E-state index is 6.69. The average Bonchev–Trinajstić information content (AvgIpc) is 3.94. The van der Waals surface area contributed by atoms with Gasteiger partial charge < -0.3 is 18.6 Å². The fraction of sp³-hybridized carbons (Fsp3) is 0.0769. The van der Waals surface area contributed by atoms with Crippen LogP contribution in [0.25, 0.3) is 60.9 Å². The van der Waals surface area contributed by atoms with Crippen molar-refractivity contribution in [3.05, 3.63) is 199 Å². The monoisotopic (exact) mass is 720 g/mol. The van der Waals surface area contributed by atoms with Gasteiger partial charge in [0.1, 0.15) is 22.5 Å². The topological polar surface area (TPSA) is 32.8 Å². The summed E-state index contributed by atoms with van der Waals surface area (Å²) in [6, 6.07) is 54.8. The summed E-state index contributed by atoms with van der Waals surface area (Å²) < 4.78 is 13.3. The van der Waals surface area contributed by atoms with Gasteiger partial charge in [-0.05, 0) is 76.5 Å². The number of hydrogen-bond acceptors (Lipinski definition) is 4. The standard InChI is InChI=1S/C52H36N2O2/c1-2-13-35(14-3-1)53(37-27-28-43-50(32-37)55-49-29-24-33-12-4-5-15-39(33)51(43)49)36-25-22-34(23-26-36)44-30-38(31-45-42-18-8-11-21-48(42)56-52(44)45)54-46-19-9-6-16-40(46)41-17-7-10-20-47(41)54/h1-31,37,40,46H,32H2. The average molecular weight is 721 g/mol. The van der Waals surface area contributed by atoms with Crippen LogP contribution in [-0.2, 0) is 6.42 Å². The van der Waals surface area contributed by atoms with E-state index in [1.165, 1.54) is 33.0 Å². The van der Waals surface area contributed by atoms with Gasteiger partial charge in [-0.15, -0.1) is 0 Å². The molecule has 0 radical (unpaired) electrons. The second-order valence-electron chi connectivity index (χ2n) is 15.2. The van der Waals surface area contributed by atoms with Gasteiger partial charge in [0.25, 0.3) is 0 Å². The second kappa shape index (κ2) is 12.2. The third-order valence-electron chi connectivity index (χ3n) is 12.1. The molecule has 266 valence electrons. The van der Waals surface area contributed by atoms with Crippen molar-refractivity contribution in [1.82, 2.24) is 0 Å². The maximum Gasteiger partial charge on any atom is 0.143 e. The molecule has 0 fully saturated rings. The Hall–Kier alpha value is -7.04. The summed E-state index contributed by atoms with van der Waals surface area (Å²) >= 11 is 0. The van der Waals surface area contributed by atoms with Gasteiger partial charge in [0.05, 0.1) is 12.1 Å². The second-order valence-corrected chi connectivity index (χ2v) is 15.2. The first kappa shape index (κ1) is 31.3. The van der Waals surface area contributed by atoms with Gasteiger partial charge in [-0.25, -0.2) is 0 Å². The summed E-state index contributed by atoms with van der Waals surface area (Å²) in [4.78, 5) is 4.95. The molecule has 56 heavy (non-hydrogen) atoms. The SMILES string of the molecule is C1=CC2c3ccccc3N(c3cc(-c4ccc(N(c5ccccc5)C5C=Cc6c(oc7ccc8ccccc8c67)C5)cc4)c4oc5ccccc5c4c3)C2C=C1. The lowest BCUT2D eigenvalue weighted by atomic mass is 9.91. The van der Waals surface area contributed by atoms with E-state index in [1.807, 2.05) is 0 Å². The highest BCUT2D eigenvalue weighted by molar-refractivity contribution is 6.12.